The van der Waals surface area contributed by atoms with E-state index >= 15 is 0 Å². The first-order valence-corrected chi connectivity index (χ1v) is 8.62. The number of nitrogens with zero attached hydrogens (tertiary/aromatic N) is 2. The van der Waals surface area contributed by atoms with E-state index in [9.17, 15) is 4.79 Å². The standard InChI is InChI=1S/C16H12Cl2N4OS/c17-10-3-4-13(12(18)8-10)19-14-5-6-15(22-21-14)20-16(23)9-11-2-1-7-24-11/h1-8H,9H2,(H,19,21)(H,20,22,23). The van der Waals surface area contributed by atoms with Gasteiger partial charge in [-0.25, -0.2) is 0 Å². The maximum Gasteiger partial charge on any atom is 0.230 e. The third-order valence-corrected chi connectivity index (χ3v) is 4.46. The number of halogens is 2. The Balaban J connectivity index is 1.61. The molecule has 0 bridgehead atoms. The van der Waals surface area contributed by atoms with Gasteiger partial charge in [-0.1, -0.05) is 29.3 Å². The molecule has 5 nitrogen and oxygen atoms in total. The highest BCUT2D eigenvalue weighted by molar-refractivity contribution is 7.10. The van der Waals surface area contributed by atoms with Crippen LogP contribution in [-0.2, 0) is 11.2 Å². The highest BCUT2D eigenvalue weighted by atomic mass is 35.5. The molecule has 2 aromatic heterocycles. The van der Waals surface area contributed by atoms with E-state index in [1.165, 1.54) is 11.3 Å². The van der Waals surface area contributed by atoms with Crippen molar-refractivity contribution >= 4 is 57.8 Å². The molecule has 122 valence electrons. The fourth-order valence-corrected chi connectivity index (χ4v) is 3.11. The van der Waals surface area contributed by atoms with Gasteiger partial charge in [0.2, 0.25) is 5.91 Å². The fourth-order valence-electron chi connectivity index (χ4n) is 1.95. The average Bonchev–Trinajstić information content (AvgIpc) is 3.04. The molecule has 3 rings (SSSR count). The Kier molecular flexibility index (Phi) is 5.30. The SMILES string of the molecule is O=C(Cc1cccs1)Nc1ccc(Nc2ccc(Cl)cc2Cl)nn1. The van der Waals surface area contributed by atoms with Crippen LogP contribution in [-0.4, -0.2) is 16.1 Å². The van der Waals surface area contributed by atoms with Crippen molar-refractivity contribution in [3.8, 4) is 0 Å². The Morgan fingerprint density at radius 3 is 2.54 bits per heavy atom. The van der Waals surface area contributed by atoms with Gasteiger partial charge in [0, 0.05) is 9.90 Å². The molecular formula is C16H12Cl2N4OS. The van der Waals surface area contributed by atoms with Crippen LogP contribution in [0.3, 0.4) is 0 Å². The molecular weight excluding hydrogens is 367 g/mol. The Morgan fingerprint density at radius 1 is 1.08 bits per heavy atom. The van der Waals surface area contributed by atoms with Gasteiger partial charge in [0.15, 0.2) is 11.6 Å². The van der Waals surface area contributed by atoms with Gasteiger partial charge in [0.25, 0.3) is 0 Å². The number of aromatic nitrogens is 2. The number of amides is 1. The highest BCUT2D eigenvalue weighted by Gasteiger charge is 2.07. The molecule has 3 aromatic rings. The van der Waals surface area contributed by atoms with E-state index in [1.54, 1.807) is 30.3 Å². The van der Waals surface area contributed by atoms with Crippen LogP contribution in [0.2, 0.25) is 10.0 Å². The van der Waals surface area contributed by atoms with Crippen molar-refractivity contribution in [1.82, 2.24) is 10.2 Å². The molecule has 0 aliphatic heterocycles. The van der Waals surface area contributed by atoms with Crippen molar-refractivity contribution in [1.29, 1.82) is 0 Å². The molecule has 8 heteroatoms. The minimum Gasteiger partial charge on any atom is -0.338 e. The van der Waals surface area contributed by atoms with E-state index in [0.29, 0.717) is 33.8 Å². The maximum absolute atomic E-state index is 11.9. The first-order valence-electron chi connectivity index (χ1n) is 6.98. The molecule has 0 aliphatic carbocycles. The van der Waals surface area contributed by atoms with Crippen molar-refractivity contribution in [2.75, 3.05) is 10.6 Å². The zero-order valence-electron chi connectivity index (χ0n) is 12.3. The van der Waals surface area contributed by atoms with E-state index in [2.05, 4.69) is 20.8 Å². The summed E-state index contributed by atoms with van der Waals surface area (Å²) in [6.45, 7) is 0. The van der Waals surface area contributed by atoms with Gasteiger partial charge in [-0.05, 0) is 41.8 Å². The van der Waals surface area contributed by atoms with Crippen LogP contribution in [0.25, 0.3) is 0 Å². The van der Waals surface area contributed by atoms with Crippen LogP contribution in [0, 0.1) is 0 Å². The lowest BCUT2D eigenvalue weighted by molar-refractivity contribution is -0.115. The number of anilines is 3. The van der Waals surface area contributed by atoms with Crippen molar-refractivity contribution in [3.05, 3.63) is 62.8 Å². The summed E-state index contributed by atoms with van der Waals surface area (Å²) in [5.41, 5.74) is 0.671. The molecule has 0 saturated heterocycles. The van der Waals surface area contributed by atoms with E-state index < -0.39 is 0 Å². The summed E-state index contributed by atoms with van der Waals surface area (Å²) >= 11 is 13.5. The summed E-state index contributed by atoms with van der Waals surface area (Å²) in [5.74, 6) is 0.771. The van der Waals surface area contributed by atoms with Gasteiger partial charge in [-0.2, -0.15) is 0 Å². The summed E-state index contributed by atoms with van der Waals surface area (Å²) in [6, 6.07) is 12.3. The summed E-state index contributed by atoms with van der Waals surface area (Å²) in [5, 5.41) is 16.7. The first-order chi connectivity index (χ1) is 11.6. The second-order valence-corrected chi connectivity index (χ2v) is 6.73. The maximum atomic E-state index is 11.9. The second-order valence-electron chi connectivity index (χ2n) is 4.86. The van der Waals surface area contributed by atoms with Gasteiger partial charge in [-0.3, -0.25) is 4.79 Å². The summed E-state index contributed by atoms with van der Waals surface area (Å²) in [4.78, 5) is 12.9. The molecule has 0 atom stereocenters. The molecule has 0 aliphatic rings. The van der Waals surface area contributed by atoms with Crippen LogP contribution in [0.15, 0.2) is 47.8 Å². The smallest absolute Gasteiger partial charge is 0.230 e. The molecule has 2 heterocycles. The van der Waals surface area contributed by atoms with Gasteiger partial charge >= 0.3 is 0 Å². The van der Waals surface area contributed by atoms with Gasteiger partial charge in [0.1, 0.15) is 0 Å². The monoisotopic (exact) mass is 378 g/mol. The van der Waals surface area contributed by atoms with E-state index in [1.807, 2.05) is 17.5 Å². The molecule has 2 N–H and O–H groups in total. The minimum absolute atomic E-state index is 0.131. The number of nitrogens with one attached hydrogen (secondary N) is 2. The Hall–Kier alpha value is -2.15. The van der Waals surface area contributed by atoms with Crippen LogP contribution >= 0.6 is 34.5 Å². The highest BCUT2D eigenvalue weighted by Crippen LogP contribution is 2.27. The molecule has 1 aromatic carbocycles. The van der Waals surface area contributed by atoms with Gasteiger partial charge < -0.3 is 10.6 Å². The molecule has 0 fully saturated rings. The Labute approximate surface area is 152 Å². The van der Waals surface area contributed by atoms with Crippen molar-refractivity contribution < 1.29 is 4.79 Å². The topological polar surface area (TPSA) is 66.9 Å². The number of benzene rings is 1. The first kappa shape index (κ1) is 16.7. The van der Waals surface area contributed by atoms with Crippen LogP contribution < -0.4 is 10.6 Å². The number of carbonyl (C=O) groups excluding carboxylic acids is 1. The van der Waals surface area contributed by atoms with Gasteiger partial charge in [-0.15, -0.1) is 21.5 Å². The number of hydrogen-bond donors (Lipinski definition) is 2. The fraction of sp³-hybridized carbons (Fsp3) is 0.0625. The van der Waals surface area contributed by atoms with E-state index in [4.69, 9.17) is 23.2 Å². The third kappa shape index (κ3) is 4.44. The zero-order valence-corrected chi connectivity index (χ0v) is 14.6. The predicted octanol–water partition coefficient (Wildman–Crippen LogP) is 4.77. The normalized spacial score (nSPS) is 10.4. The van der Waals surface area contributed by atoms with E-state index in [-0.39, 0.29) is 5.91 Å². The molecule has 24 heavy (non-hydrogen) atoms. The lowest BCUT2D eigenvalue weighted by Gasteiger charge is -2.08. The van der Waals surface area contributed by atoms with E-state index in [0.717, 1.165) is 4.88 Å². The number of thiophene rings is 1. The average molecular weight is 379 g/mol. The minimum atomic E-state index is -0.131. The molecule has 0 spiro atoms. The number of hydrogen-bond acceptors (Lipinski definition) is 5. The zero-order chi connectivity index (χ0) is 16.9. The van der Waals surface area contributed by atoms with Crippen LogP contribution in [0.1, 0.15) is 4.88 Å². The molecule has 0 unspecified atom stereocenters. The molecule has 1 amide bonds. The predicted molar refractivity (Wildman–Crippen MR) is 98.4 cm³/mol. The van der Waals surface area contributed by atoms with Crippen molar-refractivity contribution in [2.45, 2.75) is 6.42 Å². The van der Waals surface area contributed by atoms with Gasteiger partial charge in [0.05, 0.1) is 17.1 Å². The third-order valence-electron chi connectivity index (χ3n) is 3.04. The van der Waals surface area contributed by atoms with Crippen LogP contribution in [0.5, 0.6) is 0 Å². The van der Waals surface area contributed by atoms with Crippen molar-refractivity contribution in [2.24, 2.45) is 0 Å². The summed E-state index contributed by atoms with van der Waals surface area (Å²) < 4.78 is 0. The number of rotatable bonds is 5. The Bertz CT molecular complexity index is 838. The lowest BCUT2D eigenvalue weighted by atomic mass is 10.3. The quantitative estimate of drug-likeness (QED) is 0.670. The largest absolute Gasteiger partial charge is 0.338 e. The Morgan fingerprint density at radius 2 is 1.88 bits per heavy atom. The summed E-state index contributed by atoms with van der Waals surface area (Å²) in [7, 11) is 0. The molecule has 0 radical (unpaired) electrons. The number of carbonyl (C=O) groups is 1. The lowest BCUT2D eigenvalue weighted by Crippen LogP contribution is -2.15. The second kappa shape index (κ2) is 7.61. The van der Waals surface area contributed by atoms with Crippen LogP contribution in [0.4, 0.5) is 17.3 Å². The van der Waals surface area contributed by atoms with Crippen molar-refractivity contribution in [3.63, 3.8) is 0 Å². The molecule has 0 saturated carbocycles. The summed E-state index contributed by atoms with van der Waals surface area (Å²) in [6.07, 6.45) is 0.319.